The minimum Gasteiger partial charge on any atom is -0.228 e. The molecule has 0 radical (unpaired) electrons. The third-order valence-corrected chi connectivity index (χ3v) is 3.03. The van der Waals surface area contributed by atoms with Crippen molar-refractivity contribution in [1.82, 2.24) is 9.97 Å². The highest BCUT2D eigenvalue weighted by Gasteiger charge is 2.05. The Hall–Kier alpha value is -0.220. The maximum absolute atomic E-state index is 4.38. The number of hydrogen-bond acceptors (Lipinski definition) is 4. The number of aromatic nitrogens is 2. The zero-order valence-corrected chi connectivity index (χ0v) is 9.34. The molecule has 0 aliphatic heterocycles. The van der Waals surface area contributed by atoms with Crippen molar-refractivity contribution in [3.8, 4) is 0 Å². The summed E-state index contributed by atoms with van der Waals surface area (Å²) in [5.74, 6) is 0. The highest BCUT2D eigenvalue weighted by molar-refractivity contribution is 7.99. The van der Waals surface area contributed by atoms with E-state index in [1.807, 2.05) is 19.4 Å². The van der Waals surface area contributed by atoms with Crippen molar-refractivity contribution in [2.45, 2.75) is 24.0 Å². The molecule has 1 aromatic rings. The molecule has 0 amide bonds. The molecule has 4 heteroatoms. The molecule has 0 N–H and O–H groups in total. The number of aryl methyl sites for hydroxylation is 1. The normalized spacial score (nSPS) is 10.3. The maximum Gasteiger partial charge on any atom is 0.188 e. The van der Waals surface area contributed by atoms with Crippen LogP contribution in [-0.4, -0.2) is 22.5 Å². The molecule has 0 aliphatic carbocycles. The van der Waals surface area contributed by atoms with E-state index in [4.69, 9.17) is 0 Å². The molecule has 0 saturated heterocycles. The molecule has 0 saturated carbocycles. The Morgan fingerprint density at radius 3 is 2.17 bits per heavy atom. The van der Waals surface area contributed by atoms with Gasteiger partial charge in [0.1, 0.15) is 5.03 Å². The Balaban J connectivity index is 3.19. The van der Waals surface area contributed by atoms with Crippen molar-refractivity contribution < 1.29 is 0 Å². The van der Waals surface area contributed by atoms with E-state index < -0.39 is 0 Å². The fourth-order valence-electron chi connectivity index (χ4n) is 0.868. The summed E-state index contributed by atoms with van der Waals surface area (Å²) in [5.41, 5.74) is 2.28. The minimum absolute atomic E-state index is 0.863. The Labute approximate surface area is 81.6 Å². The van der Waals surface area contributed by atoms with Crippen LogP contribution < -0.4 is 0 Å². The molecule has 66 valence electrons. The molecule has 1 aromatic heterocycles. The average molecular weight is 200 g/mol. The minimum atomic E-state index is 0.863. The molecular weight excluding hydrogens is 188 g/mol. The lowest BCUT2D eigenvalue weighted by Crippen LogP contribution is -1.96. The van der Waals surface area contributed by atoms with Crippen LogP contribution in [0.25, 0.3) is 0 Å². The van der Waals surface area contributed by atoms with E-state index in [2.05, 4.69) is 16.9 Å². The van der Waals surface area contributed by atoms with Gasteiger partial charge in [-0.3, -0.25) is 0 Å². The second kappa shape index (κ2) is 4.14. The highest BCUT2D eigenvalue weighted by Crippen LogP contribution is 2.21. The molecule has 12 heavy (non-hydrogen) atoms. The van der Waals surface area contributed by atoms with Gasteiger partial charge in [-0.15, -0.1) is 11.8 Å². The predicted octanol–water partition coefficient (Wildman–Crippen LogP) is 2.54. The van der Waals surface area contributed by atoms with Gasteiger partial charge in [0.2, 0.25) is 0 Å². The third kappa shape index (κ3) is 1.93. The summed E-state index contributed by atoms with van der Waals surface area (Å²) >= 11 is 3.26. The Morgan fingerprint density at radius 2 is 1.67 bits per heavy atom. The second-order valence-electron chi connectivity index (χ2n) is 2.43. The van der Waals surface area contributed by atoms with Crippen molar-refractivity contribution >= 4 is 23.5 Å². The topological polar surface area (TPSA) is 25.8 Å². The van der Waals surface area contributed by atoms with Crippen LogP contribution in [0.1, 0.15) is 11.3 Å². The van der Waals surface area contributed by atoms with E-state index >= 15 is 0 Å². The van der Waals surface area contributed by atoms with Gasteiger partial charge < -0.3 is 0 Å². The fraction of sp³-hybridized carbons (Fsp3) is 0.500. The molecule has 0 aromatic carbocycles. The van der Waals surface area contributed by atoms with Crippen LogP contribution in [0, 0.1) is 13.8 Å². The third-order valence-electron chi connectivity index (χ3n) is 1.70. The van der Waals surface area contributed by atoms with Crippen molar-refractivity contribution in [1.29, 1.82) is 0 Å². The Bertz CT molecular complexity index is 287. The maximum atomic E-state index is 4.38. The second-order valence-corrected chi connectivity index (χ2v) is 4.00. The summed E-state index contributed by atoms with van der Waals surface area (Å²) in [7, 11) is 0. The van der Waals surface area contributed by atoms with Crippen LogP contribution in [0.4, 0.5) is 0 Å². The molecule has 0 spiro atoms. The molecule has 1 heterocycles. The van der Waals surface area contributed by atoms with Crippen LogP contribution in [0.2, 0.25) is 0 Å². The van der Waals surface area contributed by atoms with E-state index in [1.165, 1.54) is 5.56 Å². The van der Waals surface area contributed by atoms with Gasteiger partial charge in [0, 0.05) is 11.3 Å². The van der Waals surface area contributed by atoms with Gasteiger partial charge >= 0.3 is 0 Å². The number of nitrogens with zero attached hydrogens (tertiary/aromatic N) is 2. The van der Waals surface area contributed by atoms with Gasteiger partial charge in [-0.1, -0.05) is 11.8 Å². The number of hydrogen-bond donors (Lipinski definition) is 0. The summed E-state index contributed by atoms with van der Waals surface area (Å²) in [6, 6.07) is 0. The van der Waals surface area contributed by atoms with Crippen LogP contribution in [0.3, 0.4) is 0 Å². The lowest BCUT2D eigenvalue weighted by molar-refractivity contribution is 0.843. The molecule has 0 atom stereocenters. The summed E-state index contributed by atoms with van der Waals surface area (Å²) in [5, 5.41) is 1.95. The van der Waals surface area contributed by atoms with Crippen molar-refractivity contribution in [2.24, 2.45) is 0 Å². The van der Waals surface area contributed by atoms with Gasteiger partial charge in [0.15, 0.2) is 5.16 Å². The standard InChI is InChI=1S/C8H12N2S2/c1-5-6(2)9-8(12-4)10-7(5)11-3/h1-4H3. The summed E-state index contributed by atoms with van der Waals surface area (Å²) in [6.07, 6.45) is 4.03. The molecule has 0 bridgehead atoms. The number of thioether (sulfide) groups is 2. The summed E-state index contributed by atoms with van der Waals surface area (Å²) < 4.78 is 0. The van der Waals surface area contributed by atoms with E-state index in [-0.39, 0.29) is 0 Å². The van der Waals surface area contributed by atoms with Gasteiger partial charge in [-0.25, -0.2) is 9.97 Å². The highest BCUT2D eigenvalue weighted by atomic mass is 32.2. The Morgan fingerprint density at radius 1 is 1.00 bits per heavy atom. The molecule has 0 aliphatic rings. The van der Waals surface area contributed by atoms with E-state index in [0.717, 1.165) is 15.9 Å². The largest absolute Gasteiger partial charge is 0.228 e. The SMILES string of the molecule is CSc1nc(C)c(C)c(SC)n1. The first-order valence-corrected chi connectivity index (χ1v) is 6.07. The summed E-state index contributed by atoms with van der Waals surface area (Å²) in [4.78, 5) is 8.72. The first-order chi connectivity index (χ1) is 5.69. The van der Waals surface area contributed by atoms with Gasteiger partial charge in [-0.2, -0.15) is 0 Å². The van der Waals surface area contributed by atoms with E-state index in [0.29, 0.717) is 0 Å². The fourth-order valence-corrected chi connectivity index (χ4v) is 1.97. The Kier molecular flexibility index (Phi) is 3.40. The molecular formula is C8H12N2S2. The zero-order valence-electron chi connectivity index (χ0n) is 7.71. The smallest absolute Gasteiger partial charge is 0.188 e. The average Bonchev–Trinajstić information content (AvgIpc) is 2.09. The molecule has 0 fully saturated rings. The van der Waals surface area contributed by atoms with Crippen LogP contribution in [0.5, 0.6) is 0 Å². The van der Waals surface area contributed by atoms with Crippen LogP contribution in [-0.2, 0) is 0 Å². The van der Waals surface area contributed by atoms with E-state index in [1.54, 1.807) is 23.5 Å². The van der Waals surface area contributed by atoms with E-state index in [9.17, 15) is 0 Å². The number of rotatable bonds is 2. The van der Waals surface area contributed by atoms with Gasteiger partial charge in [-0.05, 0) is 26.4 Å². The lowest BCUT2D eigenvalue weighted by atomic mass is 10.3. The molecule has 0 unspecified atom stereocenters. The van der Waals surface area contributed by atoms with Gasteiger partial charge in [0.05, 0.1) is 0 Å². The van der Waals surface area contributed by atoms with Crippen molar-refractivity contribution in [3.63, 3.8) is 0 Å². The molecule has 2 nitrogen and oxygen atoms in total. The lowest BCUT2D eigenvalue weighted by Gasteiger charge is -2.05. The zero-order chi connectivity index (χ0) is 9.14. The first-order valence-electron chi connectivity index (χ1n) is 3.62. The summed E-state index contributed by atoms with van der Waals surface area (Å²) in [6.45, 7) is 4.09. The van der Waals surface area contributed by atoms with Crippen LogP contribution >= 0.6 is 23.5 Å². The van der Waals surface area contributed by atoms with Crippen molar-refractivity contribution in [2.75, 3.05) is 12.5 Å². The predicted molar refractivity (Wildman–Crippen MR) is 55.1 cm³/mol. The molecule has 1 rings (SSSR count). The van der Waals surface area contributed by atoms with Crippen LogP contribution in [0.15, 0.2) is 10.2 Å². The first kappa shape index (κ1) is 9.86. The van der Waals surface area contributed by atoms with Crippen molar-refractivity contribution in [3.05, 3.63) is 11.3 Å². The quantitative estimate of drug-likeness (QED) is 0.416. The monoisotopic (exact) mass is 200 g/mol. The van der Waals surface area contributed by atoms with Gasteiger partial charge in [0.25, 0.3) is 0 Å².